The Morgan fingerprint density at radius 2 is 2.11 bits per heavy atom. The smallest absolute Gasteiger partial charge is 0.162 e. The van der Waals surface area contributed by atoms with Crippen molar-refractivity contribution in [2.45, 2.75) is 13.8 Å². The second-order valence-corrected chi connectivity index (χ2v) is 2.01. The lowest BCUT2D eigenvalue weighted by Gasteiger charge is -1.95. The Labute approximate surface area is 54.4 Å². The first-order chi connectivity index (χ1) is 4.25. The van der Waals surface area contributed by atoms with E-state index in [-0.39, 0.29) is 0 Å². The van der Waals surface area contributed by atoms with Gasteiger partial charge in [0.05, 0.1) is 13.4 Å². The van der Waals surface area contributed by atoms with Crippen LogP contribution in [-0.2, 0) is 0 Å². The van der Waals surface area contributed by atoms with Crippen LogP contribution < -0.4 is 4.74 Å². The molecule has 50 valence electrons. The SMILES string of the molecule is COc1c(C)coc1C. The number of rotatable bonds is 1. The van der Waals surface area contributed by atoms with Crippen molar-refractivity contribution in [1.82, 2.24) is 0 Å². The summed E-state index contributed by atoms with van der Waals surface area (Å²) in [5.74, 6) is 1.70. The molecule has 1 rings (SSSR count). The maximum absolute atomic E-state index is 5.06. The molecule has 0 aliphatic rings. The number of hydrogen-bond acceptors (Lipinski definition) is 2. The molecule has 0 bridgehead atoms. The highest BCUT2D eigenvalue weighted by Crippen LogP contribution is 2.23. The molecule has 1 aromatic heterocycles. The normalized spacial score (nSPS) is 9.67. The van der Waals surface area contributed by atoms with Gasteiger partial charge in [0.2, 0.25) is 0 Å². The van der Waals surface area contributed by atoms with Crippen LogP contribution in [0.15, 0.2) is 10.7 Å². The fraction of sp³-hybridized carbons (Fsp3) is 0.429. The summed E-state index contributed by atoms with van der Waals surface area (Å²) in [7, 11) is 1.64. The number of ether oxygens (including phenoxy) is 1. The molecule has 0 N–H and O–H groups in total. The first-order valence-electron chi connectivity index (χ1n) is 2.84. The maximum Gasteiger partial charge on any atom is 0.162 e. The zero-order valence-electron chi connectivity index (χ0n) is 5.89. The van der Waals surface area contributed by atoms with Crippen molar-refractivity contribution < 1.29 is 9.15 Å². The summed E-state index contributed by atoms with van der Waals surface area (Å²) in [6.45, 7) is 3.83. The summed E-state index contributed by atoms with van der Waals surface area (Å²) >= 11 is 0. The van der Waals surface area contributed by atoms with E-state index in [9.17, 15) is 0 Å². The Balaban J connectivity index is 3.07. The Morgan fingerprint density at radius 3 is 2.33 bits per heavy atom. The summed E-state index contributed by atoms with van der Waals surface area (Å²) in [5.41, 5.74) is 1.05. The summed E-state index contributed by atoms with van der Waals surface area (Å²) in [5, 5.41) is 0. The lowest BCUT2D eigenvalue weighted by atomic mass is 10.3. The number of hydrogen-bond donors (Lipinski definition) is 0. The minimum Gasteiger partial charge on any atom is -0.493 e. The minimum absolute atomic E-state index is 0.843. The van der Waals surface area contributed by atoms with Crippen LogP contribution in [0.5, 0.6) is 5.75 Å². The van der Waals surface area contributed by atoms with E-state index in [2.05, 4.69) is 0 Å². The zero-order valence-corrected chi connectivity index (χ0v) is 5.89. The molecule has 1 heterocycles. The van der Waals surface area contributed by atoms with Gasteiger partial charge in [-0.15, -0.1) is 0 Å². The van der Waals surface area contributed by atoms with Gasteiger partial charge in [-0.3, -0.25) is 0 Å². The molecule has 1 aromatic rings. The Hall–Kier alpha value is -0.920. The number of aryl methyl sites for hydroxylation is 2. The van der Waals surface area contributed by atoms with E-state index >= 15 is 0 Å². The highest BCUT2D eigenvalue weighted by molar-refractivity contribution is 5.32. The van der Waals surface area contributed by atoms with Crippen LogP contribution in [0.1, 0.15) is 11.3 Å². The summed E-state index contributed by atoms with van der Waals surface area (Å²) in [6.07, 6.45) is 1.69. The first-order valence-corrected chi connectivity index (χ1v) is 2.84. The second kappa shape index (κ2) is 2.13. The van der Waals surface area contributed by atoms with Crippen LogP contribution in [0.25, 0.3) is 0 Å². The number of furan rings is 1. The van der Waals surface area contributed by atoms with Crippen molar-refractivity contribution in [2.75, 3.05) is 7.11 Å². The molecular weight excluding hydrogens is 116 g/mol. The van der Waals surface area contributed by atoms with Crippen LogP contribution in [0, 0.1) is 13.8 Å². The molecule has 0 atom stereocenters. The van der Waals surface area contributed by atoms with E-state index in [1.54, 1.807) is 13.4 Å². The molecular formula is C7H10O2. The Morgan fingerprint density at radius 1 is 1.44 bits per heavy atom. The van der Waals surface area contributed by atoms with Crippen LogP contribution in [0.2, 0.25) is 0 Å². The van der Waals surface area contributed by atoms with E-state index in [4.69, 9.17) is 9.15 Å². The van der Waals surface area contributed by atoms with Crippen LogP contribution in [0.3, 0.4) is 0 Å². The van der Waals surface area contributed by atoms with Crippen LogP contribution in [-0.4, -0.2) is 7.11 Å². The van der Waals surface area contributed by atoms with Gasteiger partial charge in [0, 0.05) is 5.56 Å². The average molecular weight is 126 g/mol. The van der Waals surface area contributed by atoms with Crippen molar-refractivity contribution in [1.29, 1.82) is 0 Å². The van der Waals surface area contributed by atoms with Gasteiger partial charge < -0.3 is 9.15 Å². The minimum atomic E-state index is 0.843. The lowest BCUT2D eigenvalue weighted by molar-refractivity contribution is 0.396. The third kappa shape index (κ3) is 0.922. The van der Waals surface area contributed by atoms with Gasteiger partial charge in [0.25, 0.3) is 0 Å². The highest BCUT2D eigenvalue weighted by atomic mass is 16.5. The van der Waals surface area contributed by atoms with Crippen LogP contribution >= 0.6 is 0 Å². The predicted octanol–water partition coefficient (Wildman–Crippen LogP) is 1.91. The molecule has 0 aliphatic carbocycles. The maximum atomic E-state index is 5.06. The van der Waals surface area contributed by atoms with Gasteiger partial charge in [-0.05, 0) is 13.8 Å². The molecule has 2 heteroatoms. The predicted molar refractivity (Wildman–Crippen MR) is 34.7 cm³/mol. The average Bonchev–Trinajstić information content (AvgIpc) is 2.12. The van der Waals surface area contributed by atoms with Gasteiger partial charge in [-0.25, -0.2) is 0 Å². The monoisotopic (exact) mass is 126 g/mol. The van der Waals surface area contributed by atoms with Gasteiger partial charge in [0.1, 0.15) is 5.76 Å². The van der Waals surface area contributed by atoms with Gasteiger partial charge in [0.15, 0.2) is 5.75 Å². The molecule has 0 aliphatic heterocycles. The fourth-order valence-electron chi connectivity index (χ4n) is 0.866. The summed E-state index contributed by atoms with van der Waals surface area (Å²) in [4.78, 5) is 0. The molecule has 0 amide bonds. The molecule has 2 nitrogen and oxygen atoms in total. The molecule has 0 saturated carbocycles. The lowest BCUT2D eigenvalue weighted by Crippen LogP contribution is -1.83. The van der Waals surface area contributed by atoms with E-state index in [0.29, 0.717) is 0 Å². The van der Waals surface area contributed by atoms with Crippen molar-refractivity contribution in [2.24, 2.45) is 0 Å². The first kappa shape index (κ1) is 6.20. The quantitative estimate of drug-likeness (QED) is 0.573. The van der Waals surface area contributed by atoms with E-state index in [0.717, 1.165) is 17.1 Å². The van der Waals surface area contributed by atoms with Gasteiger partial charge >= 0.3 is 0 Å². The summed E-state index contributed by atoms with van der Waals surface area (Å²) < 4.78 is 10.1. The molecule has 0 radical (unpaired) electrons. The standard InChI is InChI=1S/C7H10O2/c1-5-4-9-6(2)7(5)8-3/h4H,1-3H3. The molecule has 0 unspecified atom stereocenters. The molecule has 0 fully saturated rings. The van der Waals surface area contributed by atoms with Crippen molar-refractivity contribution in [3.8, 4) is 5.75 Å². The van der Waals surface area contributed by atoms with Gasteiger partial charge in [-0.2, -0.15) is 0 Å². The highest BCUT2D eigenvalue weighted by Gasteiger charge is 2.04. The van der Waals surface area contributed by atoms with E-state index in [1.807, 2.05) is 13.8 Å². The molecule has 0 spiro atoms. The topological polar surface area (TPSA) is 22.4 Å². The molecule has 0 aromatic carbocycles. The zero-order chi connectivity index (χ0) is 6.85. The fourth-order valence-corrected chi connectivity index (χ4v) is 0.866. The Kier molecular flexibility index (Phi) is 1.47. The summed E-state index contributed by atoms with van der Waals surface area (Å²) in [6, 6.07) is 0. The number of methoxy groups -OCH3 is 1. The van der Waals surface area contributed by atoms with E-state index < -0.39 is 0 Å². The third-order valence-electron chi connectivity index (χ3n) is 1.29. The van der Waals surface area contributed by atoms with E-state index in [1.165, 1.54) is 0 Å². The Bertz CT molecular complexity index is 181. The van der Waals surface area contributed by atoms with Crippen molar-refractivity contribution in [3.05, 3.63) is 17.6 Å². The second-order valence-electron chi connectivity index (χ2n) is 2.01. The largest absolute Gasteiger partial charge is 0.493 e. The van der Waals surface area contributed by atoms with Gasteiger partial charge in [-0.1, -0.05) is 0 Å². The molecule has 0 saturated heterocycles. The third-order valence-corrected chi connectivity index (χ3v) is 1.29. The molecule has 9 heavy (non-hydrogen) atoms. The van der Waals surface area contributed by atoms with Crippen LogP contribution in [0.4, 0.5) is 0 Å². The van der Waals surface area contributed by atoms with Crippen molar-refractivity contribution >= 4 is 0 Å². The van der Waals surface area contributed by atoms with Crippen molar-refractivity contribution in [3.63, 3.8) is 0 Å².